The molecule has 5 nitrogen and oxygen atoms in total. The van der Waals surface area contributed by atoms with Gasteiger partial charge in [-0.3, -0.25) is 4.79 Å². The summed E-state index contributed by atoms with van der Waals surface area (Å²) in [6.07, 6.45) is -1.13. The van der Waals surface area contributed by atoms with Gasteiger partial charge in [0.2, 0.25) is 0 Å². The van der Waals surface area contributed by atoms with Gasteiger partial charge in [0.15, 0.2) is 11.8 Å². The highest BCUT2D eigenvalue weighted by atomic mass is 35.5. The van der Waals surface area contributed by atoms with E-state index < -0.39 is 23.8 Å². The molecule has 0 saturated heterocycles. The Labute approximate surface area is 163 Å². The Balaban J connectivity index is 1.63. The quantitative estimate of drug-likeness (QED) is 0.621. The molecule has 8 heteroatoms. The van der Waals surface area contributed by atoms with E-state index in [9.17, 15) is 14.0 Å². The lowest BCUT2D eigenvalue weighted by molar-refractivity contribution is -0.123. The summed E-state index contributed by atoms with van der Waals surface area (Å²) < 4.78 is 18.9. The number of rotatable bonds is 5. The molecule has 3 rings (SSSR count). The van der Waals surface area contributed by atoms with Crippen LogP contribution in [-0.2, 0) is 9.53 Å². The zero-order valence-corrected chi connectivity index (χ0v) is 15.7. The number of thiazole rings is 1. The monoisotopic (exact) mass is 404 g/mol. The lowest BCUT2D eigenvalue weighted by atomic mass is 10.2. The van der Waals surface area contributed by atoms with Crippen LogP contribution < -0.4 is 5.32 Å². The third-order valence-corrected chi connectivity index (χ3v) is 4.70. The van der Waals surface area contributed by atoms with Crippen molar-refractivity contribution in [3.8, 4) is 10.6 Å². The zero-order chi connectivity index (χ0) is 19.4. The average Bonchev–Trinajstić information content (AvgIpc) is 3.15. The van der Waals surface area contributed by atoms with E-state index in [4.69, 9.17) is 16.3 Å². The van der Waals surface area contributed by atoms with Gasteiger partial charge in [-0.1, -0.05) is 41.9 Å². The van der Waals surface area contributed by atoms with E-state index >= 15 is 0 Å². The lowest BCUT2D eigenvalue weighted by Crippen LogP contribution is -2.30. The first-order valence-electron chi connectivity index (χ1n) is 7.92. The second-order valence-corrected chi connectivity index (χ2v) is 6.86. The van der Waals surface area contributed by atoms with Gasteiger partial charge >= 0.3 is 5.97 Å². The molecule has 0 spiro atoms. The fraction of sp³-hybridized carbons (Fsp3) is 0.105. The predicted octanol–water partition coefficient (Wildman–Crippen LogP) is 4.79. The number of nitrogens with one attached hydrogen (secondary N) is 1. The number of carbonyl (C=O) groups is 2. The maximum absolute atomic E-state index is 13.8. The number of nitrogens with zero attached hydrogens (tertiary/aromatic N) is 1. The van der Waals surface area contributed by atoms with Crippen LogP contribution in [0, 0.1) is 5.82 Å². The molecule has 138 valence electrons. The van der Waals surface area contributed by atoms with Crippen LogP contribution in [0.1, 0.15) is 17.4 Å². The fourth-order valence-electron chi connectivity index (χ4n) is 2.18. The molecule has 0 aliphatic carbocycles. The molecule has 0 bridgehead atoms. The van der Waals surface area contributed by atoms with Crippen molar-refractivity contribution in [1.29, 1.82) is 0 Å². The number of aromatic nitrogens is 1. The Kier molecular flexibility index (Phi) is 5.83. The number of esters is 1. The fourth-order valence-corrected chi connectivity index (χ4v) is 3.13. The summed E-state index contributed by atoms with van der Waals surface area (Å²) in [4.78, 5) is 28.6. The lowest BCUT2D eigenvalue weighted by Gasteiger charge is -2.13. The number of carbonyl (C=O) groups excluding carboxylic acids is 2. The molecular formula is C19H14ClFN2O3S. The van der Waals surface area contributed by atoms with Crippen molar-refractivity contribution in [2.75, 3.05) is 5.32 Å². The van der Waals surface area contributed by atoms with E-state index in [2.05, 4.69) is 10.3 Å². The van der Waals surface area contributed by atoms with Crippen molar-refractivity contribution >= 4 is 40.5 Å². The van der Waals surface area contributed by atoms with E-state index in [1.54, 1.807) is 5.38 Å². The highest BCUT2D eigenvalue weighted by molar-refractivity contribution is 7.13. The topological polar surface area (TPSA) is 68.3 Å². The molecule has 0 aliphatic rings. The minimum Gasteiger partial charge on any atom is -0.448 e. The summed E-state index contributed by atoms with van der Waals surface area (Å²) in [5.41, 5.74) is 0.939. The SMILES string of the molecule is C[C@H](OC(=O)c1csc(-c2ccccc2)n1)C(=O)Nc1ccc(Cl)cc1F. The molecule has 1 heterocycles. The highest BCUT2D eigenvalue weighted by Crippen LogP contribution is 2.24. The Morgan fingerprint density at radius 1 is 1.22 bits per heavy atom. The molecule has 0 saturated carbocycles. The van der Waals surface area contributed by atoms with Crippen molar-refractivity contribution in [2.45, 2.75) is 13.0 Å². The van der Waals surface area contributed by atoms with Gasteiger partial charge in [-0.15, -0.1) is 11.3 Å². The van der Waals surface area contributed by atoms with E-state index in [0.29, 0.717) is 5.01 Å². The number of ether oxygens (including phenoxy) is 1. The Morgan fingerprint density at radius 3 is 2.67 bits per heavy atom. The first kappa shape index (κ1) is 19.0. The molecular weight excluding hydrogens is 391 g/mol. The molecule has 1 atom stereocenters. The average molecular weight is 405 g/mol. The zero-order valence-electron chi connectivity index (χ0n) is 14.1. The van der Waals surface area contributed by atoms with Crippen LogP contribution in [0.2, 0.25) is 5.02 Å². The summed E-state index contributed by atoms with van der Waals surface area (Å²) in [5.74, 6) is -2.07. The standard InChI is InChI=1S/C19H14ClFN2O3S/c1-11(17(24)22-15-8-7-13(20)9-14(15)21)26-19(25)16-10-27-18(23-16)12-5-3-2-4-6-12/h2-11H,1H3,(H,22,24)/t11-/m0/s1. The molecule has 0 aliphatic heterocycles. The van der Waals surface area contributed by atoms with Gasteiger partial charge in [0, 0.05) is 16.0 Å². The molecule has 0 radical (unpaired) electrons. The van der Waals surface area contributed by atoms with E-state index in [-0.39, 0.29) is 16.4 Å². The number of halogens is 2. The predicted molar refractivity (Wildman–Crippen MR) is 102 cm³/mol. The van der Waals surface area contributed by atoms with Gasteiger partial charge in [-0.25, -0.2) is 14.2 Å². The smallest absolute Gasteiger partial charge is 0.358 e. The van der Waals surface area contributed by atoms with E-state index in [0.717, 1.165) is 11.6 Å². The summed E-state index contributed by atoms with van der Waals surface area (Å²) >= 11 is 6.97. The van der Waals surface area contributed by atoms with Crippen molar-refractivity contribution in [1.82, 2.24) is 4.98 Å². The second-order valence-electron chi connectivity index (χ2n) is 5.56. The van der Waals surface area contributed by atoms with Crippen LogP contribution in [0.25, 0.3) is 10.6 Å². The van der Waals surface area contributed by atoms with Crippen LogP contribution in [-0.4, -0.2) is 23.0 Å². The molecule has 2 aromatic carbocycles. The number of hydrogen-bond acceptors (Lipinski definition) is 5. The van der Waals surface area contributed by atoms with Crippen LogP contribution >= 0.6 is 22.9 Å². The number of hydrogen-bond donors (Lipinski definition) is 1. The van der Waals surface area contributed by atoms with Crippen LogP contribution in [0.15, 0.2) is 53.9 Å². The largest absolute Gasteiger partial charge is 0.448 e. The van der Waals surface area contributed by atoms with E-state index in [1.807, 2.05) is 30.3 Å². The summed E-state index contributed by atoms with van der Waals surface area (Å²) in [6.45, 7) is 1.39. The Hall–Kier alpha value is -2.77. The first-order valence-corrected chi connectivity index (χ1v) is 9.17. The summed E-state index contributed by atoms with van der Waals surface area (Å²) in [5, 5.41) is 4.80. The highest BCUT2D eigenvalue weighted by Gasteiger charge is 2.22. The van der Waals surface area contributed by atoms with Crippen LogP contribution in [0.5, 0.6) is 0 Å². The second kappa shape index (κ2) is 8.28. The molecule has 1 amide bonds. The molecule has 3 aromatic rings. The molecule has 1 aromatic heterocycles. The third-order valence-electron chi connectivity index (χ3n) is 3.58. The van der Waals surface area contributed by atoms with Crippen molar-refractivity contribution in [3.05, 3.63) is 70.4 Å². The first-order chi connectivity index (χ1) is 12.9. The van der Waals surface area contributed by atoms with Crippen LogP contribution in [0.3, 0.4) is 0 Å². The summed E-state index contributed by atoms with van der Waals surface area (Å²) in [7, 11) is 0. The van der Waals surface area contributed by atoms with Crippen LogP contribution in [0.4, 0.5) is 10.1 Å². The molecule has 0 fully saturated rings. The Morgan fingerprint density at radius 2 is 1.96 bits per heavy atom. The van der Waals surface area contributed by atoms with E-state index in [1.165, 1.54) is 30.4 Å². The van der Waals surface area contributed by atoms with Gasteiger partial charge in [0.1, 0.15) is 10.8 Å². The Bertz CT molecular complexity index is 978. The van der Waals surface area contributed by atoms with Crippen molar-refractivity contribution in [3.63, 3.8) is 0 Å². The maximum Gasteiger partial charge on any atom is 0.358 e. The third kappa shape index (κ3) is 4.69. The molecule has 1 N–H and O–H groups in total. The molecule has 0 unspecified atom stereocenters. The van der Waals surface area contributed by atoms with Gasteiger partial charge in [0.05, 0.1) is 5.69 Å². The van der Waals surface area contributed by atoms with Crippen molar-refractivity contribution < 1.29 is 18.7 Å². The molecule has 27 heavy (non-hydrogen) atoms. The maximum atomic E-state index is 13.8. The minimum atomic E-state index is -1.13. The van der Waals surface area contributed by atoms with Gasteiger partial charge in [0.25, 0.3) is 5.91 Å². The van der Waals surface area contributed by atoms with Gasteiger partial charge < -0.3 is 10.1 Å². The summed E-state index contributed by atoms with van der Waals surface area (Å²) in [6, 6.07) is 13.2. The minimum absolute atomic E-state index is 0.0488. The number of amides is 1. The number of anilines is 1. The van der Waals surface area contributed by atoms with Gasteiger partial charge in [-0.2, -0.15) is 0 Å². The number of benzene rings is 2. The van der Waals surface area contributed by atoms with Crippen molar-refractivity contribution in [2.24, 2.45) is 0 Å². The normalized spacial score (nSPS) is 11.7. The van der Waals surface area contributed by atoms with Gasteiger partial charge in [-0.05, 0) is 25.1 Å².